The molecular formula is C41H25N3OS. The zero-order chi connectivity index (χ0) is 30.5. The molecule has 216 valence electrons. The minimum atomic E-state index is 0.626. The van der Waals surface area contributed by atoms with Gasteiger partial charge in [0.15, 0.2) is 17.5 Å². The maximum absolute atomic E-state index is 6.12. The zero-order valence-corrected chi connectivity index (χ0v) is 25.4. The van der Waals surface area contributed by atoms with Crippen molar-refractivity contribution < 1.29 is 4.42 Å². The predicted molar refractivity (Wildman–Crippen MR) is 190 cm³/mol. The van der Waals surface area contributed by atoms with Crippen LogP contribution in [0.15, 0.2) is 156 Å². The number of fused-ring (bicyclic) bond motifs is 4. The summed E-state index contributed by atoms with van der Waals surface area (Å²) in [5.74, 6) is 2.76. The van der Waals surface area contributed by atoms with Gasteiger partial charge in [0.25, 0.3) is 0 Å². The third-order valence-corrected chi connectivity index (χ3v) is 9.60. The van der Waals surface area contributed by atoms with E-state index in [0.717, 1.165) is 44.5 Å². The third-order valence-electron chi connectivity index (χ3n) is 8.38. The minimum absolute atomic E-state index is 0.626. The summed E-state index contributed by atoms with van der Waals surface area (Å²) >= 11 is 1.78. The van der Waals surface area contributed by atoms with Gasteiger partial charge >= 0.3 is 0 Å². The topological polar surface area (TPSA) is 51.8 Å². The first-order valence-corrected chi connectivity index (χ1v) is 16.0. The summed E-state index contributed by atoms with van der Waals surface area (Å²) in [4.78, 5) is 15.2. The Morgan fingerprint density at radius 1 is 0.435 bits per heavy atom. The van der Waals surface area contributed by atoms with Crippen molar-refractivity contribution in [3.8, 4) is 56.6 Å². The first-order chi connectivity index (χ1) is 22.8. The summed E-state index contributed by atoms with van der Waals surface area (Å²) in [6.07, 6.45) is 0. The first kappa shape index (κ1) is 26.5. The average molecular weight is 608 g/mol. The molecule has 46 heavy (non-hydrogen) atoms. The van der Waals surface area contributed by atoms with Crippen molar-refractivity contribution in [3.63, 3.8) is 0 Å². The summed E-state index contributed by atoms with van der Waals surface area (Å²) in [6, 6.07) is 52.1. The van der Waals surface area contributed by atoms with Crippen LogP contribution in [0.2, 0.25) is 0 Å². The zero-order valence-electron chi connectivity index (χ0n) is 24.6. The molecule has 0 saturated heterocycles. The maximum Gasteiger partial charge on any atom is 0.165 e. The Morgan fingerprint density at radius 3 is 1.78 bits per heavy atom. The van der Waals surface area contributed by atoms with E-state index in [2.05, 4.69) is 127 Å². The molecule has 6 aromatic carbocycles. The quantitative estimate of drug-likeness (QED) is 0.195. The molecule has 9 aromatic rings. The monoisotopic (exact) mass is 607 g/mol. The second-order valence-electron chi connectivity index (χ2n) is 11.3. The number of hydrogen-bond donors (Lipinski definition) is 0. The Morgan fingerprint density at radius 2 is 1.02 bits per heavy atom. The van der Waals surface area contributed by atoms with Crippen molar-refractivity contribution in [2.75, 3.05) is 0 Å². The van der Waals surface area contributed by atoms with E-state index in [1.165, 1.54) is 25.7 Å². The van der Waals surface area contributed by atoms with Crippen LogP contribution in [0.4, 0.5) is 0 Å². The molecule has 0 aliphatic rings. The Balaban J connectivity index is 1.18. The highest BCUT2D eigenvalue weighted by molar-refractivity contribution is 7.26. The highest BCUT2D eigenvalue weighted by Crippen LogP contribution is 2.39. The molecule has 0 bridgehead atoms. The molecule has 0 unspecified atom stereocenters. The molecule has 0 radical (unpaired) electrons. The van der Waals surface area contributed by atoms with Crippen LogP contribution >= 0.6 is 11.3 Å². The first-order valence-electron chi connectivity index (χ1n) is 15.2. The molecule has 0 saturated carbocycles. The number of benzene rings is 6. The summed E-state index contributed by atoms with van der Waals surface area (Å²) in [7, 11) is 0. The summed E-state index contributed by atoms with van der Waals surface area (Å²) < 4.78 is 8.54. The van der Waals surface area contributed by atoms with Crippen molar-refractivity contribution in [2.24, 2.45) is 0 Å². The van der Waals surface area contributed by atoms with Crippen molar-refractivity contribution in [2.45, 2.75) is 0 Å². The number of nitrogens with zero attached hydrogens (tertiary/aromatic N) is 3. The van der Waals surface area contributed by atoms with E-state index in [4.69, 9.17) is 19.4 Å². The fourth-order valence-corrected chi connectivity index (χ4v) is 7.24. The lowest BCUT2D eigenvalue weighted by atomic mass is 10.0. The van der Waals surface area contributed by atoms with Gasteiger partial charge in [-0.15, -0.1) is 11.3 Å². The standard InChI is InChI=1S/C41H25N3OS/c1-2-9-26(10-3-1)27-17-21-29(22-18-27)39-42-40(30-23-19-28(20-24-30)36-25-31-11-4-6-15-35(31)45-36)44-41(43-39)34-14-8-13-33-32-12-5-7-16-37(32)46-38(33)34/h1-25H. The molecule has 9 rings (SSSR count). The molecule has 0 aliphatic heterocycles. The number of para-hydroxylation sites is 1. The van der Waals surface area contributed by atoms with E-state index in [9.17, 15) is 0 Å². The fraction of sp³-hybridized carbons (Fsp3) is 0. The number of furan rings is 1. The number of aromatic nitrogens is 3. The van der Waals surface area contributed by atoms with Crippen molar-refractivity contribution in [1.29, 1.82) is 0 Å². The number of thiophene rings is 1. The molecule has 0 amide bonds. The van der Waals surface area contributed by atoms with Crippen LogP contribution in [0.3, 0.4) is 0 Å². The van der Waals surface area contributed by atoms with Gasteiger partial charge in [0.1, 0.15) is 11.3 Å². The van der Waals surface area contributed by atoms with E-state index in [1.807, 2.05) is 24.3 Å². The molecule has 0 N–H and O–H groups in total. The fourth-order valence-electron chi connectivity index (χ4n) is 6.03. The highest BCUT2D eigenvalue weighted by atomic mass is 32.1. The van der Waals surface area contributed by atoms with E-state index < -0.39 is 0 Å². The minimum Gasteiger partial charge on any atom is -0.456 e. The Labute approximate surface area is 269 Å². The van der Waals surface area contributed by atoms with Crippen LogP contribution in [-0.2, 0) is 0 Å². The molecular weight excluding hydrogens is 583 g/mol. The third kappa shape index (κ3) is 4.66. The van der Waals surface area contributed by atoms with Crippen LogP contribution in [0.25, 0.3) is 87.8 Å². The SMILES string of the molecule is c1ccc(-c2ccc(-c3nc(-c4ccc(-c5cc6ccccc6o5)cc4)nc(-c4cccc5c4sc4ccccc45)n3)cc2)cc1. The van der Waals surface area contributed by atoms with E-state index >= 15 is 0 Å². The van der Waals surface area contributed by atoms with Crippen LogP contribution < -0.4 is 0 Å². The van der Waals surface area contributed by atoms with Crippen LogP contribution in [0, 0.1) is 0 Å². The van der Waals surface area contributed by atoms with Gasteiger partial charge in [-0.2, -0.15) is 0 Å². The molecule has 0 atom stereocenters. The van der Waals surface area contributed by atoms with Gasteiger partial charge < -0.3 is 4.42 Å². The predicted octanol–water partition coefficient (Wildman–Crippen LogP) is 11.3. The van der Waals surface area contributed by atoms with Crippen LogP contribution in [0.1, 0.15) is 0 Å². The highest BCUT2D eigenvalue weighted by Gasteiger charge is 2.17. The molecule has 3 heterocycles. The molecule has 3 aromatic heterocycles. The lowest BCUT2D eigenvalue weighted by molar-refractivity contribution is 0.631. The maximum atomic E-state index is 6.12. The smallest absolute Gasteiger partial charge is 0.165 e. The van der Waals surface area contributed by atoms with E-state index in [-0.39, 0.29) is 0 Å². The van der Waals surface area contributed by atoms with Gasteiger partial charge in [-0.25, -0.2) is 15.0 Å². The normalized spacial score (nSPS) is 11.5. The van der Waals surface area contributed by atoms with Crippen LogP contribution in [0.5, 0.6) is 0 Å². The van der Waals surface area contributed by atoms with Crippen LogP contribution in [-0.4, -0.2) is 15.0 Å². The average Bonchev–Trinajstić information content (AvgIpc) is 3.74. The van der Waals surface area contributed by atoms with E-state index in [1.54, 1.807) is 11.3 Å². The second-order valence-corrected chi connectivity index (χ2v) is 12.3. The summed E-state index contributed by atoms with van der Waals surface area (Å²) in [5, 5.41) is 3.54. The Bertz CT molecular complexity index is 2480. The van der Waals surface area contributed by atoms with Crippen molar-refractivity contribution in [3.05, 3.63) is 152 Å². The second kappa shape index (κ2) is 10.9. The molecule has 4 nitrogen and oxygen atoms in total. The van der Waals surface area contributed by atoms with Gasteiger partial charge in [0.2, 0.25) is 0 Å². The molecule has 0 aliphatic carbocycles. The molecule has 0 fully saturated rings. The van der Waals surface area contributed by atoms with Gasteiger partial charge in [0, 0.05) is 47.8 Å². The van der Waals surface area contributed by atoms with Gasteiger partial charge in [-0.1, -0.05) is 127 Å². The van der Waals surface area contributed by atoms with Crippen molar-refractivity contribution >= 4 is 42.5 Å². The van der Waals surface area contributed by atoms with Gasteiger partial charge in [-0.05, 0) is 35.4 Å². The van der Waals surface area contributed by atoms with Gasteiger partial charge in [-0.3, -0.25) is 0 Å². The summed E-state index contributed by atoms with van der Waals surface area (Å²) in [5.41, 5.74) is 7.05. The largest absolute Gasteiger partial charge is 0.456 e. The lowest BCUT2D eigenvalue weighted by Crippen LogP contribution is -2.00. The Kier molecular flexibility index (Phi) is 6.28. The lowest BCUT2D eigenvalue weighted by Gasteiger charge is -2.10. The van der Waals surface area contributed by atoms with E-state index in [0.29, 0.717) is 17.5 Å². The number of hydrogen-bond acceptors (Lipinski definition) is 5. The molecule has 5 heteroatoms. The van der Waals surface area contributed by atoms with Gasteiger partial charge in [0.05, 0.1) is 0 Å². The Hall–Kier alpha value is -5.91. The summed E-state index contributed by atoms with van der Waals surface area (Å²) in [6.45, 7) is 0. The number of rotatable bonds is 5. The van der Waals surface area contributed by atoms with Crippen molar-refractivity contribution in [1.82, 2.24) is 15.0 Å². The molecule has 0 spiro atoms.